The summed E-state index contributed by atoms with van der Waals surface area (Å²) < 4.78 is 0. The highest BCUT2D eigenvalue weighted by atomic mass is 35.5. The van der Waals surface area contributed by atoms with Gasteiger partial charge in [-0.3, -0.25) is 14.6 Å². The molecule has 0 saturated carbocycles. The summed E-state index contributed by atoms with van der Waals surface area (Å²) in [4.78, 5) is 31.4. The van der Waals surface area contributed by atoms with Gasteiger partial charge in [0.25, 0.3) is 5.91 Å². The number of nitrogens with zero attached hydrogens (tertiary/aromatic N) is 2. The van der Waals surface area contributed by atoms with Crippen LogP contribution in [0.4, 0.5) is 0 Å². The number of halogens is 1. The lowest BCUT2D eigenvalue weighted by Gasteiger charge is -2.30. The zero-order valence-corrected chi connectivity index (χ0v) is 20.5. The number of aromatic nitrogens is 1. The van der Waals surface area contributed by atoms with Gasteiger partial charge in [-0.05, 0) is 59.7 Å². The van der Waals surface area contributed by atoms with E-state index >= 15 is 0 Å². The SMILES string of the molecule is CC(C)(C)c1cc(-c2csc(-c3ccc(C(=O)N4CCC[C@@H](C(=O)O)C4)cc3Cl)c2)ccn1. The molecule has 33 heavy (non-hydrogen) atoms. The fourth-order valence-electron chi connectivity index (χ4n) is 4.04. The van der Waals surface area contributed by atoms with Crippen LogP contribution in [0.3, 0.4) is 0 Å². The van der Waals surface area contributed by atoms with E-state index in [-0.39, 0.29) is 17.9 Å². The highest BCUT2D eigenvalue weighted by molar-refractivity contribution is 7.14. The summed E-state index contributed by atoms with van der Waals surface area (Å²) in [7, 11) is 0. The number of thiophene rings is 1. The number of carboxylic acids is 1. The van der Waals surface area contributed by atoms with Crippen LogP contribution in [0.2, 0.25) is 5.02 Å². The van der Waals surface area contributed by atoms with E-state index in [1.807, 2.05) is 18.3 Å². The Morgan fingerprint density at radius 1 is 1.15 bits per heavy atom. The van der Waals surface area contributed by atoms with Gasteiger partial charge in [-0.2, -0.15) is 0 Å². The smallest absolute Gasteiger partial charge is 0.308 e. The Hall–Kier alpha value is -2.70. The second kappa shape index (κ2) is 9.27. The van der Waals surface area contributed by atoms with E-state index in [2.05, 4.69) is 43.3 Å². The Labute approximate surface area is 203 Å². The zero-order chi connectivity index (χ0) is 23.8. The highest BCUT2D eigenvalue weighted by Gasteiger charge is 2.29. The lowest BCUT2D eigenvalue weighted by Crippen LogP contribution is -2.42. The number of hydrogen-bond acceptors (Lipinski definition) is 4. The molecule has 1 fully saturated rings. The van der Waals surface area contributed by atoms with Gasteiger partial charge >= 0.3 is 5.97 Å². The maximum absolute atomic E-state index is 12.9. The summed E-state index contributed by atoms with van der Waals surface area (Å²) in [5.74, 6) is -1.53. The first-order chi connectivity index (χ1) is 15.6. The van der Waals surface area contributed by atoms with Crippen molar-refractivity contribution in [2.75, 3.05) is 13.1 Å². The summed E-state index contributed by atoms with van der Waals surface area (Å²) in [6.45, 7) is 7.24. The van der Waals surface area contributed by atoms with E-state index in [0.29, 0.717) is 30.0 Å². The van der Waals surface area contributed by atoms with Gasteiger partial charge in [-0.15, -0.1) is 11.3 Å². The van der Waals surface area contributed by atoms with Crippen LogP contribution in [-0.4, -0.2) is 40.0 Å². The van der Waals surface area contributed by atoms with Crippen molar-refractivity contribution in [3.8, 4) is 21.6 Å². The van der Waals surface area contributed by atoms with Gasteiger partial charge < -0.3 is 10.0 Å². The molecule has 172 valence electrons. The van der Waals surface area contributed by atoms with E-state index < -0.39 is 11.9 Å². The molecule has 0 aliphatic carbocycles. The minimum atomic E-state index is -0.849. The van der Waals surface area contributed by atoms with Crippen LogP contribution in [0.5, 0.6) is 0 Å². The Morgan fingerprint density at radius 3 is 2.64 bits per heavy atom. The average molecular weight is 483 g/mol. The molecule has 5 nitrogen and oxygen atoms in total. The summed E-state index contributed by atoms with van der Waals surface area (Å²) in [6.07, 6.45) is 3.14. The predicted molar refractivity (Wildman–Crippen MR) is 133 cm³/mol. The third kappa shape index (κ3) is 5.12. The molecule has 1 atom stereocenters. The number of hydrogen-bond donors (Lipinski definition) is 1. The van der Waals surface area contributed by atoms with Gasteiger partial charge in [0, 0.05) is 46.4 Å². The molecule has 0 radical (unpaired) electrons. The molecule has 1 aliphatic rings. The molecule has 4 rings (SSSR count). The standard InChI is InChI=1S/C26H27ClN2O3S/c1-26(2,3)23-13-16(8-9-28-23)19-12-22(33-15-19)20-7-6-17(11-21(20)27)24(30)29-10-4-5-18(14-29)25(31)32/h6-9,11-13,15,18H,4-5,10,14H2,1-3H3,(H,31,32)/t18-/m1/s1. The Balaban J connectivity index is 1.55. The molecular weight excluding hydrogens is 456 g/mol. The fraction of sp³-hybridized carbons (Fsp3) is 0.346. The van der Waals surface area contributed by atoms with Gasteiger partial charge in [0.1, 0.15) is 0 Å². The molecule has 7 heteroatoms. The number of carboxylic acid groups (broad SMARTS) is 1. The van der Waals surface area contributed by atoms with Gasteiger partial charge in [-0.1, -0.05) is 38.4 Å². The van der Waals surface area contributed by atoms with Crippen LogP contribution in [0, 0.1) is 5.92 Å². The first-order valence-electron chi connectivity index (χ1n) is 11.0. The van der Waals surface area contributed by atoms with E-state index in [9.17, 15) is 14.7 Å². The molecule has 1 N–H and O–H groups in total. The summed E-state index contributed by atoms with van der Waals surface area (Å²) in [6, 6.07) is 11.6. The lowest BCUT2D eigenvalue weighted by molar-refractivity contribution is -0.143. The minimum Gasteiger partial charge on any atom is -0.481 e. The second-order valence-electron chi connectivity index (χ2n) is 9.50. The monoisotopic (exact) mass is 482 g/mol. The molecule has 1 aromatic carbocycles. The summed E-state index contributed by atoms with van der Waals surface area (Å²) in [5.41, 5.74) is 4.58. The van der Waals surface area contributed by atoms with Crippen LogP contribution in [-0.2, 0) is 10.2 Å². The van der Waals surface area contributed by atoms with Gasteiger partial charge in [-0.25, -0.2) is 0 Å². The number of likely N-dealkylation sites (tertiary alicyclic amines) is 1. The van der Waals surface area contributed by atoms with Crippen LogP contribution in [0.15, 0.2) is 48.0 Å². The number of carbonyl (C=O) groups excluding carboxylic acids is 1. The van der Waals surface area contributed by atoms with E-state index in [1.54, 1.807) is 28.4 Å². The van der Waals surface area contributed by atoms with Crippen molar-refractivity contribution in [3.05, 3.63) is 64.3 Å². The average Bonchev–Trinajstić information content (AvgIpc) is 3.28. The first-order valence-corrected chi connectivity index (χ1v) is 12.3. The number of pyridine rings is 1. The van der Waals surface area contributed by atoms with Crippen molar-refractivity contribution in [1.29, 1.82) is 0 Å². The number of amides is 1. The molecule has 3 heterocycles. The largest absolute Gasteiger partial charge is 0.481 e. The van der Waals surface area contributed by atoms with Crippen LogP contribution < -0.4 is 0 Å². The van der Waals surface area contributed by atoms with Crippen molar-refractivity contribution in [3.63, 3.8) is 0 Å². The van der Waals surface area contributed by atoms with Crippen LogP contribution in [0.1, 0.15) is 49.7 Å². The molecule has 0 spiro atoms. The Morgan fingerprint density at radius 2 is 1.94 bits per heavy atom. The molecule has 0 bridgehead atoms. The Kier molecular flexibility index (Phi) is 6.59. The van der Waals surface area contributed by atoms with Crippen molar-refractivity contribution in [1.82, 2.24) is 9.88 Å². The summed E-state index contributed by atoms with van der Waals surface area (Å²) >= 11 is 8.20. The maximum Gasteiger partial charge on any atom is 0.308 e. The van der Waals surface area contributed by atoms with Crippen LogP contribution >= 0.6 is 22.9 Å². The zero-order valence-electron chi connectivity index (χ0n) is 19.0. The molecule has 0 unspecified atom stereocenters. The van der Waals surface area contributed by atoms with Crippen molar-refractivity contribution in [2.45, 2.75) is 39.0 Å². The Bertz CT molecular complexity index is 1200. The molecule has 2 aromatic heterocycles. The van der Waals surface area contributed by atoms with Crippen LogP contribution in [0.25, 0.3) is 21.6 Å². The molecule has 3 aromatic rings. The summed E-state index contributed by atoms with van der Waals surface area (Å²) in [5, 5.41) is 11.9. The molecular formula is C26H27ClN2O3S. The van der Waals surface area contributed by atoms with Crippen molar-refractivity contribution < 1.29 is 14.7 Å². The van der Waals surface area contributed by atoms with Gasteiger partial charge in [0.2, 0.25) is 0 Å². The third-order valence-corrected chi connectivity index (χ3v) is 7.28. The fourth-order valence-corrected chi connectivity index (χ4v) is 5.34. The van der Waals surface area contributed by atoms with Gasteiger partial charge in [0.05, 0.1) is 10.9 Å². The third-order valence-electron chi connectivity index (χ3n) is 6.00. The number of carbonyl (C=O) groups is 2. The van der Waals surface area contributed by atoms with Crippen molar-refractivity contribution in [2.24, 2.45) is 5.92 Å². The van der Waals surface area contributed by atoms with E-state index in [1.165, 1.54) is 0 Å². The second-order valence-corrected chi connectivity index (χ2v) is 10.8. The van der Waals surface area contributed by atoms with Crippen molar-refractivity contribution >= 4 is 34.8 Å². The lowest BCUT2D eigenvalue weighted by atomic mass is 9.90. The molecule has 1 aliphatic heterocycles. The quantitative estimate of drug-likeness (QED) is 0.469. The topological polar surface area (TPSA) is 70.5 Å². The predicted octanol–water partition coefficient (Wildman–Crippen LogP) is 6.36. The number of piperidine rings is 1. The van der Waals surface area contributed by atoms with E-state index in [0.717, 1.165) is 27.3 Å². The number of benzene rings is 1. The molecule has 1 saturated heterocycles. The normalized spacial score (nSPS) is 16.6. The molecule has 1 amide bonds. The minimum absolute atomic E-state index is 0.0284. The first kappa shape index (κ1) is 23.5. The van der Waals surface area contributed by atoms with E-state index in [4.69, 9.17) is 11.6 Å². The highest BCUT2D eigenvalue weighted by Crippen LogP contribution is 2.37. The number of rotatable bonds is 4. The maximum atomic E-state index is 12.9. The van der Waals surface area contributed by atoms with Gasteiger partial charge in [0.15, 0.2) is 0 Å². The number of aliphatic carboxylic acids is 1.